The second-order valence-electron chi connectivity index (χ2n) is 5.03. The summed E-state index contributed by atoms with van der Waals surface area (Å²) in [7, 11) is 0. The van der Waals surface area contributed by atoms with Crippen LogP contribution in [0.15, 0.2) is 12.1 Å². The molecule has 0 radical (unpaired) electrons. The molecule has 1 amide bonds. The molecule has 104 valence electrons. The van der Waals surface area contributed by atoms with Crippen molar-refractivity contribution >= 4 is 46.4 Å². The van der Waals surface area contributed by atoms with E-state index in [4.69, 9.17) is 40.5 Å². The minimum absolute atomic E-state index is 0.0349. The van der Waals surface area contributed by atoms with Crippen molar-refractivity contribution in [1.82, 2.24) is 0 Å². The Morgan fingerprint density at radius 1 is 1.21 bits per heavy atom. The minimum atomic E-state index is -0.0922. The minimum Gasteiger partial charge on any atom is -0.330 e. The molecule has 1 aliphatic rings. The van der Waals surface area contributed by atoms with E-state index in [1.165, 1.54) is 6.07 Å². The number of carbonyl (C=O) groups excluding carboxylic acids is 1. The average Bonchev–Trinajstić information content (AvgIpc) is 2.31. The third-order valence-electron chi connectivity index (χ3n) is 3.67. The van der Waals surface area contributed by atoms with Crippen LogP contribution >= 0.6 is 34.8 Å². The van der Waals surface area contributed by atoms with Crippen molar-refractivity contribution in [2.45, 2.75) is 25.7 Å². The zero-order chi connectivity index (χ0) is 14.0. The Kier molecular flexibility index (Phi) is 4.62. The van der Waals surface area contributed by atoms with E-state index >= 15 is 0 Å². The first-order valence-electron chi connectivity index (χ1n) is 6.10. The maximum absolute atomic E-state index is 12.0. The molecule has 1 saturated carbocycles. The van der Waals surface area contributed by atoms with E-state index in [-0.39, 0.29) is 11.3 Å². The number of carbonyl (C=O) groups is 1. The lowest BCUT2D eigenvalue weighted by molar-refractivity contribution is -0.119. The first kappa shape index (κ1) is 14.9. The second-order valence-corrected chi connectivity index (χ2v) is 6.25. The van der Waals surface area contributed by atoms with Gasteiger partial charge in [-0.1, -0.05) is 41.2 Å². The van der Waals surface area contributed by atoms with Crippen molar-refractivity contribution in [3.8, 4) is 0 Å². The number of hydrogen-bond donors (Lipinski definition) is 2. The molecule has 0 bridgehead atoms. The molecule has 0 aromatic heterocycles. The summed E-state index contributed by atoms with van der Waals surface area (Å²) < 4.78 is 0. The van der Waals surface area contributed by atoms with Crippen molar-refractivity contribution in [2.24, 2.45) is 11.1 Å². The Hall–Kier alpha value is -0.480. The maximum Gasteiger partial charge on any atom is 0.225 e. The van der Waals surface area contributed by atoms with Gasteiger partial charge in [-0.3, -0.25) is 4.79 Å². The highest BCUT2D eigenvalue weighted by atomic mass is 35.5. The number of halogens is 3. The molecule has 0 atom stereocenters. The number of amides is 1. The van der Waals surface area contributed by atoms with Crippen LogP contribution in [-0.2, 0) is 4.79 Å². The summed E-state index contributed by atoms with van der Waals surface area (Å²) in [5.74, 6) is -0.0922. The van der Waals surface area contributed by atoms with Gasteiger partial charge in [-0.25, -0.2) is 0 Å². The summed E-state index contributed by atoms with van der Waals surface area (Å²) in [6.07, 6.45) is 3.57. The molecule has 0 unspecified atom stereocenters. The van der Waals surface area contributed by atoms with Crippen LogP contribution < -0.4 is 11.1 Å². The SMILES string of the molecule is NCC1(CC(=O)Nc2cc(Cl)c(Cl)cc2Cl)CCC1. The molecular weight excluding hydrogens is 307 g/mol. The van der Waals surface area contributed by atoms with E-state index in [1.807, 2.05) is 0 Å². The molecule has 3 nitrogen and oxygen atoms in total. The summed E-state index contributed by atoms with van der Waals surface area (Å²) in [6, 6.07) is 3.07. The van der Waals surface area contributed by atoms with E-state index in [9.17, 15) is 4.79 Å². The Labute approximate surface area is 127 Å². The predicted molar refractivity (Wildman–Crippen MR) is 80.1 cm³/mol. The van der Waals surface area contributed by atoms with E-state index < -0.39 is 0 Å². The predicted octanol–water partition coefficient (Wildman–Crippen LogP) is 4.10. The summed E-state index contributed by atoms with van der Waals surface area (Å²) in [4.78, 5) is 12.0. The molecule has 0 spiro atoms. The smallest absolute Gasteiger partial charge is 0.225 e. The fourth-order valence-corrected chi connectivity index (χ4v) is 2.88. The molecule has 3 N–H and O–H groups in total. The fourth-order valence-electron chi connectivity index (χ4n) is 2.28. The van der Waals surface area contributed by atoms with E-state index in [1.54, 1.807) is 6.07 Å². The molecule has 1 fully saturated rings. The standard InChI is InChI=1S/C13H15Cl3N2O/c14-8-4-10(16)11(5-9(8)15)18-12(19)6-13(7-17)2-1-3-13/h4-5H,1-3,6-7,17H2,(H,18,19). The molecule has 0 saturated heterocycles. The zero-order valence-electron chi connectivity index (χ0n) is 10.3. The number of nitrogens with one attached hydrogen (secondary N) is 1. The zero-order valence-corrected chi connectivity index (χ0v) is 12.6. The van der Waals surface area contributed by atoms with Gasteiger partial charge in [-0.15, -0.1) is 0 Å². The van der Waals surface area contributed by atoms with E-state index in [0.717, 1.165) is 19.3 Å². The van der Waals surface area contributed by atoms with Crippen molar-refractivity contribution in [3.63, 3.8) is 0 Å². The fraction of sp³-hybridized carbons (Fsp3) is 0.462. The van der Waals surface area contributed by atoms with E-state index in [2.05, 4.69) is 5.32 Å². The van der Waals surface area contributed by atoms with Crippen LogP contribution in [0.25, 0.3) is 0 Å². The lowest BCUT2D eigenvalue weighted by atomic mass is 9.66. The summed E-state index contributed by atoms with van der Waals surface area (Å²) >= 11 is 17.8. The topological polar surface area (TPSA) is 55.1 Å². The lowest BCUT2D eigenvalue weighted by Crippen LogP contribution is -2.40. The van der Waals surface area contributed by atoms with Gasteiger partial charge >= 0.3 is 0 Å². The van der Waals surface area contributed by atoms with Crippen LogP contribution in [0.5, 0.6) is 0 Å². The van der Waals surface area contributed by atoms with Crippen LogP contribution in [0, 0.1) is 5.41 Å². The largest absolute Gasteiger partial charge is 0.330 e. The van der Waals surface area contributed by atoms with Gasteiger partial charge in [-0.05, 0) is 36.9 Å². The third kappa shape index (κ3) is 3.34. The van der Waals surface area contributed by atoms with Crippen LogP contribution in [0.4, 0.5) is 5.69 Å². The number of hydrogen-bond acceptors (Lipinski definition) is 2. The Morgan fingerprint density at radius 3 is 2.37 bits per heavy atom. The molecular formula is C13H15Cl3N2O. The first-order valence-corrected chi connectivity index (χ1v) is 7.24. The van der Waals surface area contributed by atoms with Gasteiger partial charge in [0.2, 0.25) is 5.91 Å². The number of benzene rings is 1. The van der Waals surface area contributed by atoms with Crippen molar-refractivity contribution < 1.29 is 4.79 Å². The highest BCUT2D eigenvalue weighted by Gasteiger charge is 2.37. The van der Waals surface area contributed by atoms with Gasteiger partial charge in [0.05, 0.1) is 20.8 Å². The molecule has 0 aliphatic heterocycles. The van der Waals surface area contributed by atoms with E-state index in [0.29, 0.717) is 33.7 Å². The Balaban J connectivity index is 2.05. The van der Waals surface area contributed by atoms with Crippen molar-refractivity contribution in [1.29, 1.82) is 0 Å². The van der Waals surface area contributed by atoms with Crippen LogP contribution in [0.1, 0.15) is 25.7 Å². The summed E-state index contributed by atoms with van der Waals surface area (Å²) in [6.45, 7) is 0.537. The Bertz CT molecular complexity index is 495. The summed E-state index contributed by atoms with van der Waals surface area (Å²) in [5, 5.41) is 3.86. The molecule has 2 rings (SSSR count). The first-order chi connectivity index (χ1) is 8.96. The third-order valence-corrected chi connectivity index (χ3v) is 4.70. The van der Waals surface area contributed by atoms with Crippen molar-refractivity contribution in [2.75, 3.05) is 11.9 Å². The van der Waals surface area contributed by atoms with Crippen LogP contribution in [0.2, 0.25) is 15.1 Å². The molecule has 1 aliphatic carbocycles. The molecule has 0 heterocycles. The normalized spacial score (nSPS) is 16.8. The number of anilines is 1. The lowest BCUT2D eigenvalue weighted by Gasteiger charge is -2.40. The maximum atomic E-state index is 12.0. The highest BCUT2D eigenvalue weighted by molar-refractivity contribution is 6.44. The monoisotopic (exact) mass is 320 g/mol. The molecule has 1 aromatic carbocycles. The quantitative estimate of drug-likeness (QED) is 0.820. The average molecular weight is 322 g/mol. The van der Waals surface area contributed by atoms with Gasteiger partial charge < -0.3 is 11.1 Å². The molecule has 6 heteroatoms. The van der Waals surface area contributed by atoms with Gasteiger partial charge in [0.15, 0.2) is 0 Å². The number of nitrogens with two attached hydrogens (primary N) is 1. The van der Waals surface area contributed by atoms with Crippen LogP contribution in [-0.4, -0.2) is 12.5 Å². The molecule has 19 heavy (non-hydrogen) atoms. The van der Waals surface area contributed by atoms with Gasteiger partial charge in [0, 0.05) is 6.42 Å². The second kappa shape index (κ2) is 5.88. The molecule has 1 aromatic rings. The Morgan fingerprint density at radius 2 is 1.84 bits per heavy atom. The number of rotatable bonds is 4. The summed E-state index contributed by atoms with van der Waals surface area (Å²) in [5.41, 5.74) is 6.18. The van der Waals surface area contributed by atoms with Gasteiger partial charge in [-0.2, -0.15) is 0 Å². The van der Waals surface area contributed by atoms with Gasteiger partial charge in [0.1, 0.15) is 0 Å². The van der Waals surface area contributed by atoms with Crippen molar-refractivity contribution in [3.05, 3.63) is 27.2 Å². The van der Waals surface area contributed by atoms with Crippen LogP contribution in [0.3, 0.4) is 0 Å². The van der Waals surface area contributed by atoms with Gasteiger partial charge in [0.25, 0.3) is 0 Å². The highest BCUT2D eigenvalue weighted by Crippen LogP contribution is 2.43.